The van der Waals surface area contributed by atoms with Crippen LogP contribution in [0.15, 0.2) is 66.7 Å². The second-order valence-corrected chi connectivity index (χ2v) is 15.8. The van der Waals surface area contributed by atoms with Gasteiger partial charge in [-0.1, -0.05) is 109 Å². The molecule has 0 unspecified atom stereocenters. The average molecular weight is 725 g/mol. The topological polar surface area (TPSA) is 76.0 Å². The van der Waals surface area contributed by atoms with Crippen molar-refractivity contribution in [2.75, 3.05) is 26.4 Å². The summed E-state index contributed by atoms with van der Waals surface area (Å²) in [6.07, 6.45) is 15.5. The number of unbranched alkanes of at least 4 members (excludes halogenated alkanes) is 1. The van der Waals surface area contributed by atoms with E-state index in [-0.39, 0.29) is 19.2 Å². The van der Waals surface area contributed by atoms with E-state index >= 15 is 0 Å². The normalized spacial score (nSPS) is 16.1. The molecule has 1 saturated carbocycles. The van der Waals surface area contributed by atoms with Crippen LogP contribution in [-0.2, 0) is 28.8 Å². The van der Waals surface area contributed by atoms with Crippen molar-refractivity contribution in [2.45, 2.75) is 137 Å². The van der Waals surface area contributed by atoms with Crippen molar-refractivity contribution < 1.29 is 24.5 Å². The van der Waals surface area contributed by atoms with Gasteiger partial charge in [-0.05, 0) is 140 Å². The van der Waals surface area contributed by atoms with Crippen molar-refractivity contribution in [2.24, 2.45) is 11.3 Å². The van der Waals surface area contributed by atoms with Gasteiger partial charge in [-0.2, -0.15) is 0 Å². The SMILES string of the molecule is C=C(C)C(=O)OCCCc1cc(-c2ccc(-c3ccc(C4CCC(CCC)CC4)cc3)cc2CC)cc(CCC)c1OCCC(CO)(CO)CCCC. The number of aliphatic hydroxyl groups excluding tert-OH is 2. The lowest BCUT2D eigenvalue weighted by molar-refractivity contribution is -0.139. The molecule has 0 bridgehead atoms. The highest BCUT2D eigenvalue weighted by Crippen LogP contribution is 2.40. The Labute approximate surface area is 321 Å². The number of carbonyl (C=O) groups is 1. The van der Waals surface area contributed by atoms with Gasteiger partial charge in [0.15, 0.2) is 0 Å². The molecule has 3 aromatic carbocycles. The number of hydrogen-bond acceptors (Lipinski definition) is 5. The lowest BCUT2D eigenvalue weighted by atomic mass is 9.77. The highest BCUT2D eigenvalue weighted by Gasteiger charge is 2.29. The van der Waals surface area contributed by atoms with E-state index in [0.717, 1.165) is 61.3 Å². The van der Waals surface area contributed by atoms with Crippen LogP contribution < -0.4 is 4.74 Å². The molecule has 5 nitrogen and oxygen atoms in total. The van der Waals surface area contributed by atoms with Crippen LogP contribution in [0, 0.1) is 11.3 Å². The second-order valence-electron chi connectivity index (χ2n) is 15.8. The zero-order valence-electron chi connectivity index (χ0n) is 33.6. The number of rotatable bonds is 22. The van der Waals surface area contributed by atoms with Crippen molar-refractivity contribution in [3.63, 3.8) is 0 Å². The van der Waals surface area contributed by atoms with Gasteiger partial charge in [0.1, 0.15) is 5.75 Å². The number of carbonyl (C=O) groups excluding carboxylic acids is 1. The molecule has 0 radical (unpaired) electrons. The Morgan fingerprint density at radius 3 is 2.02 bits per heavy atom. The van der Waals surface area contributed by atoms with Crippen LogP contribution in [0.4, 0.5) is 0 Å². The van der Waals surface area contributed by atoms with E-state index in [2.05, 4.69) is 88.9 Å². The first-order valence-electron chi connectivity index (χ1n) is 20.8. The predicted octanol–water partition coefficient (Wildman–Crippen LogP) is 11.6. The van der Waals surface area contributed by atoms with Crippen molar-refractivity contribution in [3.8, 4) is 28.0 Å². The number of ether oxygens (including phenoxy) is 2. The molecule has 1 aliphatic carbocycles. The molecule has 2 N–H and O–H groups in total. The molecule has 0 heterocycles. The number of aliphatic hydroxyl groups is 2. The van der Waals surface area contributed by atoms with Crippen molar-refractivity contribution in [1.29, 1.82) is 0 Å². The summed E-state index contributed by atoms with van der Waals surface area (Å²) in [5.41, 5.74) is 9.82. The van der Waals surface area contributed by atoms with Crippen LogP contribution >= 0.6 is 0 Å². The van der Waals surface area contributed by atoms with Crippen molar-refractivity contribution in [1.82, 2.24) is 0 Å². The second kappa shape index (κ2) is 21.5. The van der Waals surface area contributed by atoms with E-state index in [4.69, 9.17) is 9.47 Å². The minimum atomic E-state index is -0.552. The quantitative estimate of drug-likeness (QED) is 0.0613. The van der Waals surface area contributed by atoms with Crippen molar-refractivity contribution in [3.05, 3.63) is 89.0 Å². The van der Waals surface area contributed by atoms with Crippen LogP contribution in [0.3, 0.4) is 0 Å². The van der Waals surface area contributed by atoms with E-state index < -0.39 is 5.41 Å². The van der Waals surface area contributed by atoms with Gasteiger partial charge in [-0.25, -0.2) is 4.79 Å². The Hall–Kier alpha value is -3.41. The first kappa shape index (κ1) is 42.3. The maximum absolute atomic E-state index is 12.1. The maximum atomic E-state index is 12.1. The summed E-state index contributed by atoms with van der Waals surface area (Å²) in [5, 5.41) is 20.5. The third-order valence-electron chi connectivity index (χ3n) is 11.6. The summed E-state index contributed by atoms with van der Waals surface area (Å²) >= 11 is 0. The zero-order valence-corrected chi connectivity index (χ0v) is 33.6. The van der Waals surface area contributed by atoms with E-state index in [0.29, 0.717) is 44.0 Å². The smallest absolute Gasteiger partial charge is 0.333 e. The Morgan fingerprint density at radius 1 is 0.755 bits per heavy atom. The lowest BCUT2D eigenvalue weighted by Crippen LogP contribution is -2.32. The molecule has 53 heavy (non-hydrogen) atoms. The molecule has 0 atom stereocenters. The molecule has 290 valence electrons. The van der Waals surface area contributed by atoms with E-state index in [9.17, 15) is 15.0 Å². The molecule has 0 aliphatic heterocycles. The van der Waals surface area contributed by atoms with Gasteiger partial charge < -0.3 is 19.7 Å². The van der Waals surface area contributed by atoms with Crippen LogP contribution in [0.5, 0.6) is 5.75 Å². The average Bonchev–Trinajstić information content (AvgIpc) is 3.18. The molecular formula is C48H68O5. The lowest BCUT2D eigenvalue weighted by Gasteiger charge is -2.30. The van der Waals surface area contributed by atoms with Gasteiger partial charge >= 0.3 is 5.97 Å². The zero-order chi connectivity index (χ0) is 38.2. The minimum absolute atomic E-state index is 0.0610. The van der Waals surface area contributed by atoms with E-state index in [1.807, 2.05) is 0 Å². The molecule has 0 spiro atoms. The summed E-state index contributed by atoms with van der Waals surface area (Å²) < 4.78 is 12.1. The Kier molecular flexibility index (Phi) is 17.2. The predicted molar refractivity (Wildman–Crippen MR) is 221 cm³/mol. The van der Waals surface area contributed by atoms with Gasteiger partial charge in [0.2, 0.25) is 0 Å². The Bertz CT molecular complexity index is 1580. The summed E-state index contributed by atoms with van der Waals surface area (Å²) in [4.78, 5) is 12.1. The van der Waals surface area contributed by atoms with Gasteiger partial charge in [0.25, 0.3) is 0 Å². The fourth-order valence-electron chi connectivity index (χ4n) is 8.19. The third kappa shape index (κ3) is 11.8. The van der Waals surface area contributed by atoms with Crippen LogP contribution in [0.2, 0.25) is 0 Å². The van der Waals surface area contributed by atoms with Crippen LogP contribution in [0.25, 0.3) is 22.3 Å². The molecule has 0 aromatic heterocycles. The number of hydrogen-bond donors (Lipinski definition) is 2. The molecular weight excluding hydrogens is 657 g/mol. The van der Waals surface area contributed by atoms with Gasteiger partial charge in [-0.3, -0.25) is 0 Å². The Morgan fingerprint density at radius 2 is 1.42 bits per heavy atom. The first-order chi connectivity index (χ1) is 25.7. The highest BCUT2D eigenvalue weighted by molar-refractivity contribution is 5.86. The fraction of sp³-hybridized carbons (Fsp3) is 0.562. The van der Waals surface area contributed by atoms with Gasteiger partial charge in [0, 0.05) is 11.0 Å². The first-order valence-corrected chi connectivity index (χ1v) is 20.8. The summed E-state index contributed by atoms with van der Waals surface area (Å²) in [6, 6.07) is 20.8. The van der Waals surface area contributed by atoms with Gasteiger partial charge in [-0.15, -0.1) is 0 Å². The molecule has 0 saturated heterocycles. The van der Waals surface area contributed by atoms with Gasteiger partial charge in [0.05, 0.1) is 26.4 Å². The molecule has 0 amide bonds. The molecule has 3 aromatic rings. The summed E-state index contributed by atoms with van der Waals surface area (Å²) in [6.45, 7) is 14.8. The maximum Gasteiger partial charge on any atom is 0.333 e. The third-order valence-corrected chi connectivity index (χ3v) is 11.6. The van der Waals surface area contributed by atoms with Crippen molar-refractivity contribution >= 4 is 5.97 Å². The number of benzene rings is 3. The summed E-state index contributed by atoms with van der Waals surface area (Å²) in [7, 11) is 0. The summed E-state index contributed by atoms with van der Waals surface area (Å²) in [5.74, 6) is 2.13. The van der Waals surface area contributed by atoms with E-state index in [1.54, 1.807) is 6.92 Å². The standard InChI is InChI=1S/C48H68O5/c1-7-11-26-48(33-49,34-50)27-29-52-46-42(14-9-3)31-44(32-43(46)15-12-28-53-47(51)35(5)6)45-25-24-41(30-37(45)10-4)40-22-20-39(21-23-40)38-18-16-36(13-8-2)17-19-38/h20-25,30-32,36,38,49-50H,5,7-19,26-29,33-34H2,1-4,6H3. The highest BCUT2D eigenvalue weighted by atomic mass is 16.5. The van der Waals surface area contributed by atoms with E-state index in [1.165, 1.54) is 71.9 Å². The largest absolute Gasteiger partial charge is 0.493 e. The minimum Gasteiger partial charge on any atom is -0.493 e. The molecule has 1 fully saturated rings. The molecule has 5 heteroatoms. The number of esters is 1. The van der Waals surface area contributed by atoms with Crippen LogP contribution in [0.1, 0.15) is 140 Å². The monoisotopic (exact) mass is 725 g/mol. The fourth-order valence-corrected chi connectivity index (χ4v) is 8.19. The molecule has 4 rings (SSSR count). The van der Waals surface area contributed by atoms with Crippen LogP contribution in [-0.4, -0.2) is 42.6 Å². The number of aryl methyl sites for hydroxylation is 3. The molecule has 1 aliphatic rings. The Balaban J connectivity index is 1.61.